The van der Waals surface area contributed by atoms with Crippen LogP contribution in [0.1, 0.15) is 27.0 Å². The van der Waals surface area contributed by atoms with Crippen LogP contribution in [-0.2, 0) is 9.53 Å². The molecule has 0 aliphatic rings. The summed E-state index contributed by atoms with van der Waals surface area (Å²) in [6.07, 6.45) is -0.950. The molecule has 4 nitrogen and oxygen atoms in total. The minimum atomic E-state index is -0.950. The van der Waals surface area contributed by atoms with Gasteiger partial charge in [0, 0.05) is 14.8 Å². The van der Waals surface area contributed by atoms with Gasteiger partial charge in [0.25, 0.3) is 5.91 Å². The van der Waals surface area contributed by atoms with E-state index in [0.29, 0.717) is 21.3 Å². The maximum atomic E-state index is 12.1. The highest BCUT2D eigenvalue weighted by molar-refractivity contribution is 7.12. The molecule has 0 aliphatic heterocycles. The van der Waals surface area contributed by atoms with Crippen molar-refractivity contribution in [1.82, 2.24) is 0 Å². The highest BCUT2D eigenvalue weighted by atomic mass is 35.5. The van der Waals surface area contributed by atoms with Gasteiger partial charge in [0.1, 0.15) is 0 Å². The van der Waals surface area contributed by atoms with Crippen molar-refractivity contribution in [3.05, 3.63) is 49.6 Å². The van der Waals surface area contributed by atoms with E-state index in [1.165, 1.54) is 24.3 Å². The van der Waals surface area contributed by atoms with Gasteiger partial charge in [-0.25, -0.2) is 4.79 Å². The summed E-state index contributed by atoms with van der Waals surface area (Å²) >= 11 is 13.3. The van der Waals surface area contributed by atoms with Crippen molar-refractivity contribution in [2.75, 3.05) is 5.32 Å². The number of hydrogen-bond acceptors (Lipinski definition) is 4. The fraction of sp³-hybridized carbons (Fsp3) is 0.250. The number of carbonyl (C=O) groups is 2. The standard InChI is InChI=1S/C16H15Cl2NO3S/c1-8-6-12(10(3)23-8)16(21)22-9(2)15(20)19-14-5-4-11(17)7-13(14)18/h4-7,9H,1-3H3,(H,19,20)/t9-/m0/s1. The minimum absolute atomic E-state index is 0.314. The molecule has 2 rings (SSSR count). The maximum absolute atomic E-state index is 12.1. The molecule has 0 saturated carbocycles. The Balaban J connectivity index is 2.02. The Kier molecular flexibility index (Phi) is 5.68. The van der Waals surface area contributed by atoms with Crippen molar-refractivity contribution in [2.24, 2.45) is 0 Å². The van der Waals surface area contributed by atoms with Crippen LogP contribution in [0.3, 0.4) is 0 Å². The molecule has 0 saturated heterocycles. The molecular formula is C16H15Cl2NO3S. The second-order valence-electron chi connectivity index (χ2n) is 4.99. The molecule has 122 valence electrons. The first kappa shape index (κ1) is 17.8. The van der Waals surface area contributed by atoms with Gasteiger partial charge in [-0.15, -0.1) is 11.3 Å². The predicted octanol–water partition coefficient (Wildman–Crippen LogP) is 4.86. The number of rotatable bonds is 4. The lowest BCUT2D eigenvalue weighted by Gasteiger charge is -2.14. The Labute approximate surface area is 148 Å². The van der Waals surface area contributed by atoms with Gasteiger partial charge in [-0.1, -0.05) is 23.2 Å². The van der Waals surface area contributed by atoms with Crippen molar-refractivity contribution < 1.29 is 14.3 Å². The molecule has 1 aromatic carbocycles. The highest BCUT2D eigenvalue weighted by Gasteiger charge is 2.21. The molecule has 1 N–H and O–H groups in total. The number of hydrogen-bond donors (Lipinski definition) is 1. The normalized spacial score (nSPS) is 11.9. The van der Waals surface area contributed by atoms with Crippen LogP contribution in [0.4, 0.5) is 5.69 Å². The lowest BCUT2D eigenvalue weighted by molar-refractivity contribution is -0.123. The van der Waals surface area contributed by atoms with E-state index in [-0.39, 0.29) is 0 Å². The number of carbonyl (C=O) groups excluding carboxylic acids is 2. The molecule has 0 radical (unpaired) electrons. The Morgan fingerprint density at radius 3 is 2.48 bits per heavy atom. The van der Waals surface area contributed by atoms with E-state index < -0.39 is 18.0 Å². The van der Waals surface area contributed by atoms with Crippen molar-refractivity contribution in [1.29, 1.82) is 0 Å². The zero-order valence-corrected chi connectivity index (χ0v) is 15.1. The Morgan fingerprint density at radius 1 is 1.22 bits per heavy atom. The number of anilines is 1. The van der Waals surface area contributed by atoms with Crippen molar-refractivity contribution >= 4 is 52.1 Å². The lowest BCUT2D eigenvalue weighted by atomic mass is 10.2. The molecule has 0 bridgehead atoms. The molecule has 1 aromatic heterocycles. The SMILES string of the molecule is Cc1cc(C(=O)O[C@@H](C)C(=O)Nc2ccc(Cl)cc2Cl)c(C)s1. The van der Waals surface area contributed by atoms with Crippen LogP contribution in [0.15, 0.2) is 24.3 Å². The van der Waals surface area contributed by atoms with E-state index in [2.05, 4.69) is 5.32 Å². The molecule has 1 atom stereocenters. The molecule has 1 heterocycles. The first-order chi connectivity index (χ1) is 10.8. The fourth-order valence-corrected chi connectivity index (χ4v) is 3.30. The van der Waals surface area contributed by atoms with E-state index >= 15 is 0 Å². The van der Waals surface area contributed by atoms with Crippen LogP contribution in [0, 0.1) is 13.8 Å². The van der Waals surface area contributed by atoms with Gasteiger partial charge >= 0.3 is 5.97 Å². The third-order valence-corrected chi connectivity index (χ3v) is 4.62. The first-order valence-corrected chi connectivity index (χ1v) is 8.39. The summed E-state index contributed by atoms with van der Waals surface area (Å²) in [7, 11) is 0. The molecule has 7 heteroatoms. The summed E-state index contributed by atoms with van der Waals surface area (Å²) in [5, 5.41) is 3.39. The zero-order valence-electron chi connectivity index (χ0n) is 12.8. The number of halogens is 2. The summed E-state index contributed by atoms with van der Waals surface area (Å²) < 4.78 is 5.21. The van der Waals surface area contributed by atoms with Crippen molar-refractivity contribution in [3.8, 4) is 0 Å². The number of aryl methyl sites for hydroxylation is 2. The summed E-state index contributed by atoms with van der Waals surface area (Å²) in [4.78, 5) is 26.1. The van der Waals surface area contributed by atoms with Crippen molar-refractivity contribution in [3.63, 3.8) is 0 Å². The summed E-state index contributed by atoms with van der Waals surface area (Å²) in [5.74, 6) is -0.983. The van der Waals surface area contributed by atoms with E-state index in [0.717, 1.165) is 9.75 Å². The molecule has 1 amide bonds. The molecule has 0 fully saturated rings. The van der Waals surface area contributed by atoms with Crippen LogP contribution < -0.4 is 5.32 Å². The third-order valence-electron chi connectivity index (χ3n) is 3.10. The topological polar surface area (TPSA) is 55.4 Å². The first-order valence-electron chi connectivity index (χ1n) is 6.82. The third kappa shape index (κ3) is 4.47. The molecule has 0 unspecified atom stereocenters. The van der Waals surface area contributed by atoms with Gasteiger partial charge in [0.05, 0.1) is 16.3 Å². The second-order valence-corrected chi connectivity index (χ2v) is 7.29. The Bertz CT molecular complexity index is 758. The van der Waals surface area contributed by atoms with E-state index in [1.807, 2.05) is 13.8 Å². The van der Waals surface area contributed by atoms with E-state index in [1.54, 1.807) is 18.2 Å². The molecular weight excluding hydrogens is 357 g/mol. The van der Waals surface area contributed by atoms with E-state index in [9.17, 15) is 9.59 Å². The summed E-state index contributed by atoms with van der Waals surface area (Å²) in [5.41, 5.74) is 0.892. The molecule has 2 aromatic rings. The number of esters is 1. The van der Waals surface area contributed by atoms with Gasteiger partial charge in [-0.2, -0.15) is 0 Å². The zero-order chi connectivity index (χ0) is 17.1. The average Bonchev–Trinajstić information content (AvgIpc) is 2.80. The van der Waals surface area contributed by atoms with E-state index in [4.69, 9.17) is 27.9 Å². The van der Waals surface area contributed by atoms with Crippen LogP contribution in [0.2, 0.25) is 10.0 Å². The largest absolute Gasteiger partial charge is 0.449 e. The average molecular weight is 372 g/mol. The quantitative estimate of drug-likeness (QED) is 0.780. The second kappa shape index (κ2) is 7.34. The molecule has 0 aliphatic carbocycles. The number of ether oxygens (including phenoxy) is 1. The molecule has 0 spiro atoms. The smallest absolute Gasteiger partial charge is 0.340 e. The lowest BCUT2D eigenvalue weighted by Crippen LogP contribution is -2.30. The van der Waals surface area contributed by atoms with Gasteiger partial charge < -0.3 is 10.1 Å². The fourth-order valence-electron chi connectivity index (χ4n) is 1.94. The number of thiophene rings is 1. The number of nitrogens with one attached hydrogen (secondary N) is 1. The van der Waals surface area contributed by atoms with Crippen molar-refractivity contribution in [2.45, 2.75) is 26.9 Å². The number of benzene rings is 1. The van der Waals surface area contributed by atoms with Gasteiger partial charge in [0.2, 0.25) is 0 Å². The summed E-state index contributed by atoms with van der Waals surface area (Å²) in [6.45, 7) is 5.26. The van der Waals surface area contributed by atoms with Gasteiger partial charge in [0.15, 0.2) is 6.10 Å². The monoisotopic (exact) mass is 371 g/mol. The maximum Gasteiger partial charge on any atom is 0.340 e. The van der Waals surface area contributed by atoms with Crippen LogP contribution in [0.5, 0.6) is 0 Å². The highest BCUT2D eigenvalue weighted by Crippen LogP contribution is 2.26. The van der Waals surface area contributed by atoms with Gasteiger partial charge in [-0.3, -0.25) is 4.79 Å². The Morgan fingerprint density at radius 2 is 1.91 bits per heavy atom. The molecule has 23 heavy (non-hydrogen) atoms. The van der Waals surface area contributed by atoms with Crippen LogP contribution in [0.25, 0.3) is 0 Å². The minimum Gasteiger partial charge on any atom is -0.449 e. The Hall–Kier alpha value is -1.56. The van der Waals surface area contributed by atoms with Gasteiger partial charge in [-0.05, 0) is 45.0 Å². The number of amides is 1. The van der Waals surface area contributed by atoms with Crippen LogP contribution >= 0.6 is 34.5 Å². The van der Waals surface area contributed by atoms with Crippen LogP contribution in [-0.4, -0.2) is 18.0 Å². The summed E-state index contributed by atoms with van der Waals surface area (Å²) in [6, 6.07) is 6.47. The predicted molar refractivity (Wildman–Crippen MR) is 93.8 cm³/mol.